The number of nitrogens with zero attached hydrogens (tertiary/aromatic N) is 1. The molecule has 0 spiro atoms. The van der Waals surface area contributed by atoms with E-state index in [4.69, 9.17) is 19.0 Å². The Bertz CT molecular complexity index is 1230. The molecule has 1 amide bonds. The molecule has 0 radical (unpaired) electrons. The fraction of sp³-hybridized carbons (Fsp3) is 0.448. The third-order valence-electron chi connectivity index (χ3n) is 6.83. The van der Waals surface area contributed by atoms with E-state index < -0.39 is 5.97 Å². The molecule has 1 aliphatic rings. The summed E-state index contributed by atoms with van der Waals surface area (Å²) < 4.78 is 18.0. The van der Waals surface area contributed by atoms with Gasteiger partial charge in [-0.2, -0.15) is 0 Å². The number of ether oxygens (including phenoxy) is 2. The van der Waals surface area contributed by atoms with Gasteiger partial charge in [0.25, 0.3) is 5.91 Å². The summed E-state index contributed by atoms with van der Waals surface area (Å²) in [4.78, 5) is 24.8. The zero-order valence-electron chi connectivity index (χ0n) is 22.0. The van der Waals surface area contributed by atoms with E-state index in [9.17, 15) is 9.59 Å². The Morgan fingerprint density at radius 1 is 1.14 bits per heavy atom. The molecule has 1 aliphatic heterocycles. The second-order valence-electron chi connectivity index (χ2n) is 9.99. The molecule has 0 aliphatic carbocycles. The van der Waals surface area contributed by atoms with Crippen molar-refractivity contribution in [3.63, 3.8) is 0 Å². The van der Waals surface area contributed by atoms with Crippen LogP contribution >= 0.6 is 0 Å². The minimum Gasteiger partial charge on any atom is -0.490 e. The zero-order chi connectivity index (χ0) is 26.5. The van der Waals surface area contributed by atoms with Crippen molar-refractivity contribution in [2.75, 3.05) is 32.1 Å². The minimum atomic E-state index is -0.928. The predicted molar refractivity (Wildman–Crippen MR) is 142 cm³/mol. The summed E-state index contributed by atoms with van der Waals surface area (Å²) in [7, 11) is 1.61. The van der Waals surface area contributed by atoms with Crippen LogP contribution in [0.3, 0.4) is 0 Å². The fourth-order valence-electron chi connectivity index (χ4n) is 4.58. The average molecular weight is 509 g/mol. The van der Waals surface area contributed by atoms with Crippen LogP contribution in [0.15, 0.2) is 46.9 Å². The van der Waals surface area contributed by atoms with Crippen molar-refractivity contribution in [2.45, 2.75) is 52.2 Å². The van der Waals surface area contributed by atoms with Gasteiger partial charge in [-0.25, -0.2) is 0 Å². The quantitative estimate of drug-likeness (QED) is 0.365. The second kappa shape index (κ2) is 11.7. The standard InChI is InChI=1S/C29H36N2O6/c1-18(2)27(30-21-7-5-20(6-8-21)29(34)31(4)14-11-26(32)33)28-19(3)24-17-23(9-10-25(24)37-28)36-22-12-15-35-16-13-22/h5-10,17-18,22,27,30H,11-16H2,1-4H3,(H,32,33). The second-order valence-corrected chi connectivity index (χ2v) is 9.99. The minimum absolute atomic E-state index is 0.0768. The van der Waals surface area contributed by atoms with Gasteiger partial charge in [-0.1, -0.05) is 13.8 Å². The van der Waals surface area contributed by atoms with E-state index in [0.29, 0.717) is 5.56 Å². The molecule has 0 bridgehead atoms. The molecule has 1 saturated heterocycles. The van der Waals surface area contributed by atoms with Crippen molar-refractivity contribution in [3.05, 3.63) is 59.4 Å². The number of carbonyl (C=O) groups excluding carboxylic acids is 1. The Kier molecular flexibility index (Phi) is 8.38. The summed E-state index contributed by atoms with van der Waals surface area (Å²) in [5.74, 6) is 0.822. The Hall–Kier alpha value is -3.52. The lowest BCUT2D eigenvalue weighted by Gasteiger charge is -2.23. The Labute approximate surface area is 217 Å². The number of furan rings is 1. The number of carbonyl (C=O) groups is 2. The maximum Gasteiger partial charge on any atom is 0.305 e. The van der Waals surface area contributed by atoms with Crippen molar-refractivity contribution >= 4 is 28.5 Å². The van der Waals surface area contributed by atoms with Crippen LogP contribution < -0.4 is 10.1 Å². The van der Waals surface area contributed by atoms with Crippen molar-refractivity contribution in [3.8, 4) is 5.75 Å². The van der Waals surface area contributed by atoms with Crippen molar-refractivity contribution in [1.29, 1.82) is 0 Å². The number of aliphatic carboxylic acids is 1. The van der Waals surface area contributed by atoms with Gasteiger partial charge >= 0.3 is 5.97 Å². The summed E-state index contributed by atoms with van der Waals surface area (Å²) >= 11 is 0. The van der Waals surface area contributed by atoms with Crippen LogP contribution in [0, 0.1) is 12.8 Å². The number of carboxylic acid groups (broad SMARTS) is 1. The first-order valence-electron chi connectivity index (χ1n) is 12.8. The van der Waals surface area contributed by atoms with Crippen LogP contribution in [0.1, 0.15) is 60.8 Å². The number of rotatable bonds is 10. The number of hydrogen-bond acceptors (Lipinski definition) is 6. The summed E-state index contributed by atoms with van der Waals surface area (Å²) in [5.41, 5.74) is 3.28. The number of anilines is 1. The molecular formula is C29H36N2O6. The number of carboxylic acids is 1. The van der Waals surface area contributed by atoms with Gasteiger partial charge in [0.1, 0.15) is 23.2 Å². The molecular weight excluding hydrogens is 472 g/mol. The maximum atomic E-state index is 12.6. The molecule has 4 rings (SSSR count). The maximum absolute atomic E-state index is 12.6. The van der Waals surface area contributed by atoms with Gasteiger partial charge in [0.2, 0.25) is 0 Å². The van der Waals surface area contributed by atoms with E-state index >= 15 is 0 Å². The van der Waals surface area contributed by atoms with Gasteiger partial charge in [0, 0.05) is 48.6 Å². The first-order valence-corrected chi connectivity index (χ1v) is 12.8. The van der Waals surface area contributed by atoms with Gasteiger partial charge in [0.05, 0.1) is 25.7 Å². The highest BCUT2D eigenvalue weighted by molar-refractivity contribution is 5.94. The third-order valence-corrected chi connectivity index (χ3v) is 6.83. The number of fused-ring (bicyclic) bond motifs is 1. The molecule has 1 aromatic heterocycles. The Balaban J connectivity index is 1.49. The lowest BCUT2D eigenvalue weighted by molar-refractivity contribution is -0.137. The molecule has 8 heteroatoms. The van der Waals surface area contributed by atoms with Gasteiger partial charge in [-0.15, -0.1) is 0 Å². The van der Waals surface area contributed by atoms with Crippen molar-refractivity contribution < 1.29 is 28.6 Å². The van der Waals surface area contributed by atoms with Crippen LogP contribution in [0.5, 0.6) is 5.75 Å². The van der Waals surface area contributed by atoms with Crippen LogP contribution in [0.25, 0.3) is 11.0 Å². The molecule has 37 heavy (non-hydrogen) atoms. The van der Waals surface area contributed by atoms with E-state index in [2.05, 4.69) is 32.2 Å². The Morgan fingerprint density at radius 3 is 2.49 bits per heavy atom. The number of benzene rings is 2. The molecule has 1 atom stereocenters. The fourth-order valence-corrected chi connectivity index (χ4v) is 4.58. The van der Waals surface area contributed by atoms with E-state index in [0.717, 1.165) is 59.8 Å². The topological polar surface area (TPSA) is 101 Å². The van der Waals surface area contributed by atoms with Crippen LogP contribution in [0.2, 0.25) is 0 Å². The smallest absolute Gasteiger partial charge is 0.305 e. The molecule has 2 aromatic carbocycles. The molecule has 8 nitrogen and oxygen atoms in total. The third kappa shape index (κ3) is 6.43. The predicted octanol–water partition coefficient (Wildman–Crippen LogP) is 5.65. The Morgan fingerprint density at radius 2 is 1.84 bits per heavy atom. The van der Waals surface area contributed by atoms with Crippen LogP contribution in [-0.4, -0.2) is 54.8 Å². The largest absolute Gasteiger partial charge is 0.490 e. The molecule has 0 saturated carbocycles. The molecule has 2 N–H and O–H groups in total. The number of aryl methyl sites for hydroxylation is 1. The van der Waals surface area contributed by atoms with E-state index in [1.54, 1.807) is 19.2 Å². The zero-order valence-corrected chi connectivity index (χ0v) is 22.0. The molecule has 1 fully saturated rings. The molecule has 1 unspecified atom stereocenters. The monoisotopic (exact) mass is 508 g/mol. The number of amides is 1. The number of nitrogens with one attached hydrogen (secondary N) is 1. The summed E-state index contributed by atoms with van der Waals surface area (Å²) in [6, 6.07) is 13.2. The van der Waals surface area contributed by atoms with E-state index in [1.807, 2.05) is 24.3 Å². The average Bonchev–Trinajstić information content (AvgIpc) is 3.21. The van der Waals surface area contributed by atoms with Crippen molar-refractivity contribution in [1.82, 2.24) is 4.90 Å². The SMILES string of the molecule is Cc1c(C(Nc2ccc(C(=O)N(C)CCC(=O)O)cc2)C(C)C)oc2ccc(OC3CCOCC3)cc12. The van der Waals surface area contributed by atoms with E-state index in [1.165, 1.54) is 4.90 Å². The summed E-state index contributed by atoms with van der Waals surface area (Å²) in [6.45, 7) is 7.99. The van der Waals surface area contributed by atoms with Gasteiger partial charge in [0.15, 0.2) is 0 Å². The first kappa shape index (κ1) is 26.5. The highest BCUT2D eigenvalue weighted by Crippen LogP contribution is 2.37. The van der Waals surface area contributed by atoms with Crippen LogP contribution in [0.4, 0.5) is 5.69 Å². The summed E-state index contributed by atoms with van der Waals surface area (Å²) in [6.07, 6.45) is 1.89. The highest BCUT2D eigenvalue weighted by atomic mass is 16.5. The molecule has 2 heterocycles. The van der Waals surface area contributed by atoms with Gasteiger partial charge in [-0.3, -0.25) is 9.59 Å². The van der Waals surface area contributed by atoms with Crippen molar-refractivity contribution in [2.24, 2.45) is 5.92 Å². The molecule has 198 valence electrons. The highest BCUT2D eigenvalue weighted by Gasteiger charge is 2.24. The lowest BCUT2D eigenvalue weighted by Crippen LogP contribution is -2.29. The van der Waals surface area contributed by atoms with Gasteiger partial charge < -0.3 is 29.2 Å². The molecule has 3 aromatic rings. The van der Waals surface area contributed by atoms with E-state index in [-0.39, 0.29) is 36.9 Å². The summed E-state index contributed by atoms with van der Waals surface area (Å²) in [5, 5.41) is 13.5. The first-order chi connectivity index (χ1) is 17.7. The van der Waals surface area contributed by atoms with Crippen LogP contribution in [-0.2, 0) is 9.53 Å². The normalized spacial score (nSPS) is 15.1. The lowest BCUT2D eigenvalue weighted by atomic mass is 9.97. The van der Waals surface area contributed by atoms with Gasteiger partial charge in [-0.05, 0) is 55.3 Å². The number of hydrogen-bond donors (Lipinski definition) is 2.